The lowest BCUT2D eigenvalue weighted by molar-refractivity contribution is 0.459. The fourth-order valence-corrected chi connectivity index (χ4v) is 1.44. The SMILES string of the molecule is Cc1cnc(NN)nc1Nc1c(F)c(F)cc(F)c1F. The largest absolute Gasteiger partial charge is 0.335 e. The summed E-state index contributed by atoms with van der Waals surface area (Å²) in [5.41, 5.74) is 1.55. The average molecular weight is 287 g/mol. The Kier molecular flexibility index (Phi) is 3.70. The Hall–Kier alpha value is -2.42. The van der Waals surface area contributed by atoms with Crippen LogP contribution in [0.25, 0.3) is 0 Å². The van der Waals surface area contributed by atoms with Gasteiger partial charge in [0.1, 0.15) is 11.5 Å². The second-order valence-corrected chi connectivity index (χ2v) is 3.84. The van der Waals surface area contributed by atoms with Crippen molar-refractivity contribution >= 4 is 17.5 Å². The average Bonchev–Trinajstić information content (AvgIpc) is 2.43. The van der Waals surface area contributed by atoms with Crippen molar-refractivity contribution in [2.45, 2.75) is 6.92 Å². The Morgan fingerprint density at radius 1 is 1.10 bits per heavy atom. The number of rotatable bonds is 3. The number of anilines is 3. The lowest BCUT2D eigenvalue weighted by atomic mass is 10.2. The van der Waals surface area contributed by atoms with E-state index in [9.17, 15) is 17.6 Å². The second-order valence-electron chi connectivity index (χ2n) is 3.84. The lowest BCUT2D eigenvalue weighted by Crippen LogP contribution is -2.12. The predicted molar refractivity (Wildman–Crippen MR) is 64.1 cm³/mol. The topological polar surface area (TPSA) is 75.9 Å². The smallest absolute Gasteiger partial charge is 0.239 e. The highest BCUT2D eigenvalue weighted by atomic mass is 19.2. The molecule has 106 valence electrons. The van der Waals surface area contributed by atoms with Gasteiger partial charge in [-0.2, -0.15) is 4.98 Å². The summed E-state index contributed by atoms with van der Waals surface area (Å²) in [7, 11) is 0. The van der Waals surface area contributed by atoms with E-state index in [4.69, 9.17) is 5.84 Å². The van der Waals surface area contributed by atoms with Crippen molar-refractivity contribution in [1.82, 2.24) is 9.97 Å². The number of hydrogen-bond acceptors (Lipinski definition) is 5. The zero-order chi connectivity index (χ0) is 14.9. The van der Waals surface area contributed by atoms with Gasteiger partial charge in [0.25, 0.3) is 0 Å². The first-order valence-corrected chi connectivity index (χ1v) is 5.34. The number of nitrogen functional groups attached to an aromatic ring is 1. The number of hydrogen-bond donors (Lipinski definition) is 3. The van der Waals surface area contributed by atoms with Crippen LogP contribution in [0.15, 0.2) is 12.3 Å². The van der Waals surface area contributed by atoms with Gasteiger partial charge in [-0.3, -0.25) is 5.43 Å². The second kappa shape index (κ2) is 5.29. The standard InChI is InChI=1S/C11H9F4N5/c1-4-3-17-11(20-16)19-10(4)18-9-7(14)5(12)2-6(13)8(9)15/h2-3H,16H2,1H3,(H2,17,18,19,20). The normalized spacial score (nSPS) is 10.5. The van der Waals surface area contributed by atoms with Gasteiger partial charge in [0.05, 0.1) is 0 Å². The monoisotopic (exact) mass is 287 g/mol. The maximum atomic E-state index is 13.5. The summed E-state index contributed by atoms with van der Waals surface area (Å²) >= 11 is 0. The van der Waals surface area contributed by atoms with E-state index < -0.39 is 29.0 Å². The molecule has 2 rings (SSSR count). The third kappa shape index (κ3) is 2.48. The number of aromatic nitrogens is 2. The highest BCUT2D eigenvalue weighted by Gasteiger charge is 2.20. The van der Waals surface area contributed by atoms with E-state index in [0.29, 0.717) is 5.56 Å². The first kappa shape index (κ1) is 14.0. The van der Waals surface area contributed by atoms with Crippen LogP contribution in [-0.4, -0.2) is 9.97 Å². The molecular weight excluding hydrogens is 278 g/mol. The molecule has 0 atom stereocenters. The Balaban J connectivity index is 2.50. The van der Waals surface area contributed by atoms with E-state index in [1.807, 2.05) is 0 Å². The van der Waals surface area contributed by atoms with Crippen molar-refractivity contribution in [2.75, 3.05) is 10.7 Å². The van der Waals surface area contributed by atoms with E-state index in [1.165, 1.54) is 13.1 Å². The molecule has 0 unspecified atom stereocenters. The van der Waals surface area contributed by atoms with Gasteiger partial charge in [0.2, 0.25) is 5.95 Å². The Morgan fingerprint density at radius 3 is 2.25 bits per heavy atom. The molecule has 5 nitrogen and oxygen atoms in total. The highest BCUT2D eigenvalue weighted by Crippen LogP contribution is 2.27. The minimum absolute atomic E-state index is 0.0317. The van der Waals surface area contributed by atoms with Gasteiger partial charge in [0, 0.05) is 17.8 Å². The first-order chi connectivity index (χ1) is 9.43. The number of nitrogens with two attached hydrogens (primary N) is 1. The maximum absolute atomic E-state index is 13.5. The fraction of sp³-hybridized carbons (Fsp3) is 0.0909. The Morgan fingerprint density at radius 2 is 1.70 bits per heavy atom. The van der Waals surface area contributed by atoms with Crippen molar-refractivity contribution < 1.29 is 17.6 Å². The van der Waals surface area contributed by atoms with Crippen molar-refractivity contribution in [1.29, 1.82) is 0 Å². The van der Waals surface area contributed by atoms with Crippen LogP contribution in [0, 0.1) is 30.2 Å². The molecule has 2 aromatic rings. The quantitative estimate of drug-likeness (QED) is 0.350. The van der Waals surface area contributed by atoms with Crippen molar-refractivity contribution in [3.8, 4) is 0 Å². The first-order valence-electron chi connectivity index (χ1n) is 5.34. The van der Waals surface area contributed by atoms with Gasteiger partial charge in [-0.1, -0.05) is 0 Å². The summed E-state index contributed by atoms with van der Waals surface area (Å²) in [5, 5.41) is 2.19. The van der Waals surface area contributed by atoms with E-state index >= 15 is 0 Å². The number of benzene rings is 1. The third-order valence-corrected chi connectivity index (χ3v) is 2.46. The molecule has 0 amide bonds. The molecule has 4 N–H and O–H groups in total. The van der Waals surface area contributed by atoms with Crippen LogP contribution in [0.3, 0.4) is 0 Å². The number of halogens is 4. The Bertz CT molecular complexity index is 635. The minimum atomic E-state index is -1.55. The molecule has 1 heterocycles. The van der Waals surface area contributed by atoms with E-state index in [0.717, 1.165) is 0 Å². The fourth-order valence-electron chi connectivity index (χ4n) is 1.44. The molecule has 0 radical (unpaired) electrons. The summed E-state index contributed by atoms with van der Waals surface area (Å²) < 4.78 is 53.2. The molecule has 0 saturated heterocycles. The number of nitrogens with zero attached hydrogens (tertiary/aromatic N) is 2. The molecular formula is C11H9F4N5. The van der Waals surface area contributed by atoms with Crippen molar-refractivity contribution in [3.05, 3.63) is 41.1 Å². The zero-order valence-electron chi connectivity index (χ0n) is 10.1. The van der Waals surface area contributed by atoms with E-state index in [-0.39, 0.29) is 17.8 Å². The zero-order valence-corrected chi connectivity index (χ0v) is 10.1. The van der Waals surface area contributed by atoms with E-state index in [2.05, 4.69) is 20.7 Å². The molecule has 0 saturated carbocycles. The molecule has 0 fully saturated rings. The van der Waals surface area contributed by atoms with Crippen LogP contribution in [0.4, 0.5) is 35.0 Å². The lowest BCUT2D eigenvalue weighted by Gasteiger charge is -2.11. The van der Waals surface area contributed by atoms with Crippen LogP contribution >= 0.6 is 0 Å². The van der Waals surface area contributed by atoms with E-state index in [1.54, 1.807) is 0 Å². The van der Waals surface area contributed by atoms with Gasteiger partial charge < -0.3 is 5.32 Å². The van der Waals surface area contributed by atoms with Crippen molar-refractivity contribution in [3.63, 3.8) is 0 Å². The van der Waals surface area contributed by atoms with Crippen LogP contribution in [0.1, 0.15) is 5.56 Å². The molecule has 20 heavy (non-hydrogen) atoms. The minimum Gasteiger partial charge on any atom is -0.335 e. The number of aryl methyl sites for hydroxylation is 1. The van der Waals surface area contributed by atoms with Gasteiger partial charge in [-0.15, -0.1) is 0 Å². The molecule has 0 aliphatic rings. The summed E-state index contributed by atoms with van der Waals surface area (Å²) in [6.45, 7) is 1.54. The van der Waals surface area contributed by atoms with Crippen LogP contribution < -0.4 is 16.6 Å². The van der Waals surface area contributed by atoms with Gasteiger partial charge in [0.15, 0.2) is 23.3 Å². The molecule has 9 heteroatoms. The molecule has 1 aromatic carbocycles. The predicted octanol–water partition coefficient (Wildman–Crippen LogP) is 2.37. The van der Waals surface area contributed by atoms with Crippen molar-refractivity contribution in [2.24, 2.45) is 5.84 Å². The summed E-state index contributed by atoms with van der Waals surface area (Å²) in [6, 6.07) is 0.121. The van der Waals surface area contributed by atoms with Gasteiger partial charge in [-0.05, 0) is 6.92 Å². The summed E-state index contributed by atoms with van der Waals surface area (Å²) in [4.78, 5) is 7.55. The summed E-state index contributed by atoms with van der Waals surface area (Å²) in [5.74, 6) is -1.12. The van der Waals surface area contributed by atoms with Crippen LogP contribution in [-0.2, 0) is 0 Å². The highest BCUT2D eigenvalue weighted by molar-refractivity contribution is 5.61. The molecule has 0 bridgehead atoms. The number of nitrogens with one attached hydrogen (secondary N) is 2. The third-order valence-electron chi connectivity index (χ3n) is 2.46. The Labute approximate surface area is 110 Å². The van der Waals surface area contributed by atoms with Crippen LogP contribution in [0.5, 0.6) is 0 Å². The maximum Gasteiger partial charge on any atom is 0.239 e. The summed E-state index contributed by atoms with van der Waals surface area (Å²) in [6.07, 6.45) is 1.32. The van der Waals surface area contributed by atoms with Gasteiger partial charge >= 0.3 is 0 Å². The number of hydrazine groups is 1. The van der Waals surface area contributed by atoms with Crippen LogP contribution in [0.2, 0.25) is 0 Å². The molecule has 0 aliphatic carbocycles. The molecule has 0 aliphatic heterocycles. The van der Waals surface area contributed by atoms with Gasteiger partial charge in [-0.25, -0.2) is 28.4 Å². The molecule has 1 aromatic heterocycles. The molecule has 0 spiro atoms.